The Bertz CT molecular complexity index is 1420. The van der Waals surface area contributed by atoms with Gasteiger partial charge in [-0.2, -0.15) is 0 Å². The number of hydrogen-bond donors (Lipinski definition) is 7. The number of aliphatic hydroxyl groups excluding tert-OH is 2. The molecule has 1 aliphatic heterocycles. The van der Waals surface area contributed by atoms with Crippen molar-refractivity contribution in [3.8, 4) is 5.75 Å². The number of carbonyl (C=O) groups excluding carboxylic acids is 3. The molecule has 222 valence electrons. The summed E-state index contributed by atoms with van der Waals surface area (Å²) in [6.45, 7) is 8.47. The van der Waals surface area contributed by atoms with Crippen molar-refractivity contribution in [3.05, 3.63) is 39.9 Å². The molecule has 0 spiro atoms. The predicted molar refractivity (Wildman–Crippen MR) is 153 cm³/mol. The second-order valence-electron chi connectivity index (χ2n) is 13.6. The van der Waals surface area contributed by atoms with Crippen LogP contribution >= 0.6 is 0 Å². The molecule has 1 amide bonds. The SMILES string of the molecule is CN(C)c1cc(NC2CC(C)(C)NC(C)(C)C2)c(O)c2c1C[C@H]1C[C@H]3CC(O)=C(C(N)=O)C(=O)[C@@]3(O)C(O)=C1C2=O. The molecule has 1 saturated heterocycles. The van der Waals surface area contributed by atoms with Crippen LogP contribution in [0.2, 0.25) is 0 Å². The fourth-order valence-corrected chi connectivity index (χ4v) is 7.82. The number of carbonyl (C=O) groups is 3. The number of primary amides is 1. The first kappa shape index (κ1) is 28.9. The van der Waals surface area contributed by atoms with E-state index in [0.717, 1.165) is 18.5 Å². The smallest absolute Gasteiger partial charge is 0.255 e. The highest BCUT2D eigenvalue weighted by Gasteiger charge is 2.59. The highest BCUT2D eigenvalue weighted by molar-refractivity contribution is 6.24. The molecule has 3 aliphatic carbocycles. The maximum absolute atomic E-state index is 14.1. The molecule has 0 saturated carbocycles. The number of phenols is 1. The quantitative estimate of drug-likeness (QED) is 0.210. The zero-order valence-corrected chi connectivity index (χ0v) is 24.4. The van der Waals surface area contributed by atoms with Crippen molar-refractivity contribution in [1.29, 1.82) is 0 Å². The maximum Gasteiger partial charge on any atom is 0.255 e. The summed E-state index contributed by atoms with van der Waals surface area (Å²) in [5, 5.41) is 51.8. The van der Waals surface area contributed by atoms with Gasteiger partial charge in [-0.15, -0.1) is 0 Å². The minimum atomic E-state index is -2.59. The normalized spacial score (nSPS) is 29.0. The maximum atomic E-state index is 14.1. The fourth-order valence-electron chi connectivity index (χ4n) is 7.82. The highest BCUT2D eigenvalue weighted by Crippen LogP contribution is 2.53. The van der Waals surface area contributed by atoms with Crippen molar-refractivity contribution in [2.24, 2.45) is 17.6 Å². The third kappa shape index (κ3) is 4.46. The van der Waals surface area contributed by atoms with Crippen LogP contribution in [0.4, 0.5) is 11.4 Å². The summed E-state index contributed by atoms with van der Waals surface area (Å²) in [7, 11) is 3.68. The number of hydrogen-bond acceptors (Lipinski definition) is 10. The number of benzene rings is 1. The van der Waals surface area contributed by atoms with Gasteiger partial charge in [0.05, 0.1) is 11.3 Å². The zero-order valence-electron chi connectivity index (χ0n) is 24.4. The lowest BCUT2D eigenvalue weighted by atomic mass is 9.60. The molecular formula is C30H40N4O7. The van der Waals surface area contributed by atoms with Crippen LogP contribution in [0.3, 0.4) is 0 Å². The number of anilines is 2. The Morgan fingerprint density at radius 3 is 2.24 bits per heavy atom. The standard InChI is InChI=1S/C30H40N4O7/c1-28(2)11-15(12-29(3,4)33-28)32-17-10-18(34(5)6)16-8-13-7-14-9-19(35)22(27(31)40)26(39)30(14,41)25(38)20(13)24(37)21(16)23(17)36/h10,13-15,32-33,35-36,38,41H,7-9,11-12H2,1-6H3,(H2,31,40)/t13-,14+,30+/m1/s1. The number of phenolic OH excluding ortho intramolecular Hbond substituents is 1. The Hall–Kier alpha value is -3.57. The Kier molecular flexibility index (Phi) is 6.51. The van der Waals surface area contributed by atoms with Crippen LogP contribution < -0.4 is 21.3 Å². The van der Waals surface area contributed by atoms with Crippen LogP contribution in [0.5, 0.6) is 5.75 Å². The minimum Gasteiger partial charge on any atom is -0.511 e. The summed E-state index contributed by atoms with van der Waals surface area (Å²) in [5.41, 5.74) is 3.12. The Labute approximate surface area is 239 Å². The first-order valence-electron chi connectivity index (χ1n) is 14.0. The lowest BCUT2D eigenvalue weighted by molar-refractivity contribution is -0.144. The summed E-state index contributed by atoms with van der Waals surface area (Å²) < 4.78 is 0. The van der Waals surface area contributed by atoms with E-state index in [-0.39, 0.29) is 53.3 Å². The van der Waals surface area contributed by atoms with Crippen LogP contribution in [0, 0.1) is 11.8 Å². The summed E-state index contributed by atoms with van der Waals surface area (Å²) in [6, 6.07) is 1.82. The second kappa shape index (κ2) is 9.22. The van der Waals surface area contributed by atoms with Gasteiger partial charge in [-0.25, -0.2) is 0 Å². The van der Waals surface area contributed by atoms with E-state index in [4.69, 9.17) is 5.73 Å². The topological polar surface area (TPSA) is 185 Å². The van der Waals surface area contributed by atoms with E-state index in [1.54, 1.807) is 0 Å². The molecule has 4 aliphatic rings. The summed E-state index contributed by atoms with van der Waals surface area (Å²) in [5.74, 6) is -6.35. The largest absolute Gasteiger partial charge is 0.511 e. The Morgan fingerprint density at radius 2 is 1.68 bits per heavy atom. The van der Waals surface area contributed by atoms with Gasteiger partial charge in [-0.1, -0.05) is 0 Å². The molecule has 1 heterocycles. The number of aliphatic hydroxyl groups is 3. The van der Waals surface area contributed by atoms with Crippen molar-refractivity contribution in [1.82, 2.24) is 5.32 Å². The summed E-state index contributed by atoms with van der Waals surface area (Å²) in [6.07, 6.45) is 1.63. The fraction of sp³-hybridized carbons (Fsp3) is 0.567. The molecule has 0 bridgehead atoms. The number of ketones is 2. The molecule has 1 aromatic carbocycles. The van der Waals surface area contributed by atoms with E-state index in [1.165, 1.54) is 0 Å². The number of allylic oxidation sites excluding steroid dienone is 2. The van der Waals surface area contributed by atoms with Gasteiger partial charge >= 0.3 is 0 Å². The van der Waals surface area contributed by atoms with Crippen LogP contribution in [0.25, 0.3) is 0 Å². The van der Waals surface area contributed by atoms with E-state index in [0.29, 0.717) is 11.3 Å². The third-order valence-electron chi connectivity index (χ3n) is 9.07. The molecular weight excluding hydrogens is 528 g/mol. The van der Waals surface area contributed by atoms with Crippen LogP contribution in [-0.2, 0) is 16.0 Å². The molecule has 11 heteroatoms. The van der Waals surface area contributed by atoms with Gasteiger partial charge in [0.15, 0.2) is 11.4 Å². The number of rotatable bonds is 4. The van der Waals surface area contributed by atoms with E-state index in [1.807, 2.05) is 25.1 Å². The number of Topliss-reactive ketones (excluding diaryl/α,β-unsaturated/α-hetero) is 2. The average molecular weight is 569 g/mol. The predicted octanol–water partition coefficient (Wildman–Crippen LogP) is 2.37. The van der Waals surface area contributed by atoms with Gasteiger partial charge in [0.2, 0.25) is 5.78 Å². The number of nitrogens with two attached hydrogens (primary N) is 1. The van der Waals surface area contributed by atoms with E-state index in [9.17, 15) is 34.8 Å². The number of fused-ring (bicyclic) bond motifs is 3. The monoisotopic (exact) mass is 568 g/mol. The number of nitrogens with zero attached hydrogens (tertiary/aromatic N) is 1. The van der Waals surface area contributed by atoms with Crippen molar-refractivity contribution < 1.29 is 34.8 Å². The second-order valence-corrected chi connectivity index (χ2v) is 13.6. The molecule has 8 N–H and O–H groups in total. The van der Waals surface area contributed by atoms with Crippen molar-refractivity contribution in [2.75, 3.05) is 24.3 Å². The summed E-state index contributed by atoms with van der Waals surface area (Å²) in [4.78, 5) is 41.1. The van der Waals surface area contributed by atoms with Crippen molar-refractivity contribution in [3.63, 3.8) is 0 Å². The van der Waals surface area contributed by atoms with Crippen molar-refractivity contribution in [2.45, 2.75) is 82.5 Å². The van der Waals surface area contributed by atoms with Gasteiger partial charge < -0.3 is 41.7 Å². The molecule has 1 fully saturated rings. The number of amides is 1. The Morgan fingerprint density at radius 1 is 1.07 bits per heavy atom. The lowest BCUT2D eigenvalue weighted by Crippen LogP contribution is -2.60. The molecule has 3 atom stereocenters. The number of nitrogens with one attached hydrogen (secondary N) is 2. The number of aromatic hydroxyl groups is 1. The minimum absolute atomic E-state index is 0.00257. The van der Waals surface area contributed by atoms with Gasteiger partial charge in [0.25, 0.3) is 5.91 Å². The molecule has 0 unspecified atom stereocenters. The average Bonchev–Trinajstić information content (AvgIpc) is 2.80. The van der Waals surface area contributed by atoms with E-state index >= 15 is 0 Å². The number of piperidine rings is 1. The Balaban J connectivity index is 1.61. The van der Waals surface area contributed by atoms with E-state index < -0.39 is 52.0 Å². The van der Waals surface area contributed by atoms with Gasteiger partial charge in [0.1, 0.15) is 22.8 Å². The first-order chi connectivity index (χ1) is 18.9. The molecule has 5 rings (SSSR count). The zero-order chi connectivity index (χ0) is 30.4. The third-order valence-corrected chi connectivity index (χ3v) is 9.07. The van der Waals surface area contributed by atoms with Gasteiger partial charge in [-0.05, 0) is 70.9 Å². The molecule has 41 heavy (non-hydrogen) atoms. The summed E-state index contributed by atoms with van der Waals surface area (Å²) >= 11 is 0. The van der Waals surface area contributed by atoms with Gasteiger partial charge in [-0.3, -0.25) is 14.4 Å². The van der Waals surface area contributed by atoms with Crippen molar-refractivity contribution >= 4 is 28.8 Å². The molecule has 1 aromatic rings. The van der Waals surface area contributed by atoms with Gasteiger partial charge in [0, 0.05) is 54.8 Å². The van der Waals surface area contributed by atoms with Crippen LogP contribution in [0.1, 0.15) is 69.3 Å². The van der Waals surface area contributed by atoms with Crippen LogP contribution in [0.15, 0.2) is 28.7 Å². The van der Waals surface area contributed by atoms with E-state index in [2.05, 4.69) is 38.3 Å². The highest BCUT2D eigenvalue weighted by atomic mass is 16.3. The molecule has 0 radical (unpaired) electrons. The first-order valence-corrected chi connectivity index (χ1v) is 14.0. The van der Waals surface area contributed by atoms with Crippen LogP contribution in [-0.4, -0.2) is 74.7 Å². The lowest BCUT2D eigenvalue weighted by Gasteiger charge is -2.47. The molecule has 11 nitrogen and oxygen atoms in total. The molecule has 0 aromatic heterocycles.